The number of hydrogen-bond acceptors (Lipinski definition) is 2. The number of benzene rings is 1. The van der Waals surface area contributed by atoms with E-state index in [0.717, 1.165) is 5.56 Å². The monoisotopic (exact) mass is 216 g/mol. The van der Waals surface area contributed by atoms with Crippen LogP contribution in [0.25, 0.3) is 11.4 Å². The van der Waals surface area contributed by atoms with Crippen molar-refractivity contribution in [3.05, 3.63) is 41.7 Å². The standard InChI is InChI=1S/C12H12N2O2/c1-2-9-10(12(15)16)14-11(13-9)8-6-4-3-5-7-8/h3-7H,2H2,1H3,(H,13,14)(H,15,16). The molecule has 0 aliphatic rings. The first-order valence-electron chi connectivity index (χ1n) is 5.10. The summed E-state index contributed by atoms with van der Waals surface area (Å²) in [5, 5.41) is 8.97. The van der Waals surface area contributed by atoms with E-state index in [1.54, 1.807) is 0 Å². The molecule has 1 aromatic carbocycles. The highest BCUT2D eigenvalue weighted by molar-refractivity contribution is 5.87. The van der Waals surface area contributed by atoms with Gasteiger partial charge in [-0.05, 0) is 6.42 Å². The molecule has 0 aliphatic carbocycles. The average molecular weight is 216 g/mol. The van der Waals surface area contributed by atoms with Crippen LogP contribution in [-0.2, 0) is 6.42 Å². The van der Waals surface area contributed by atoms with Gasteiger partial charge in [0.15, 0.2) is 5.69 Å². The second kappa shape index (κ2) is 4.18. The van der Waals surface area contributed by atoms with Crippen LogP contribution in [0.15, 0.2) is 30.3 Å². The first kappa shape index (κ1) is 10.4. The molecule has 0 fully saturated rings. The number of hydrogen-bond donors (Lipinski definition) is 2. The predicted molar refractivity (Wildman–Crippen MR) is 60.4 cm³/mol. The predicted octanol–water partition coefficient (Wildman–Crippen LogP) is 2.34. The zero-order chi connectivity index (χ0) is 11.5. The second-order valence-corrected chi connectivity index (χ2v) is 3.44. The van der Waals surface area contributed by atoms with Gasteiger partial charge in [0.05, 0.1) is 0 Å². The Kier molecular flexibility index (Phi) is 2.72. The van der Waals surface area contributed by atoms with Crippen LogP contribution in [0.3, 0.4) is 0 Å². The van der Waals surface area contributed by atoms with Crippen LogP contribution < -0.4 is 0 Å². The van der Waals surface area contributed by atoms with Crippen LogP contribution in [0.5, 0.6) is 0 Å². The number of imidazole rings is 1. The number of aromatic nitrogens is 2. The molecule has 0 saturated carbocycles. The largest absolute Gasteiger partial charge is 0.476 e. The minimum atomic E-state index is -0.990. The highest BCUT2D eigenvalue weighted by atomic mass is 16.4. The highest BCUT2D eigenvalue weighted by Crippen LogP contribution is 2.18. The number of carboxylic acid groups (broad SMARTS) is 1. The van der Waals surface area contributed by atoms with Crippen molar-refractivity contribution in [2.24, 2.45) is 0 Å². The summed E-state index contributed by atoms with van der Waals surface area (Å²) in [6.45, 7) is 1.90. The molecule has 0 amide bonds. The maximum absolute atomic E-state index is 10.9. The van der Waals surface area contributed by atoms with E-state index in [9.17, 15) is 4.79 Å². The van der Waals surface area contributed by atoms with E-state index in [2.05, 4.69) is 9.97 Å². The molecule has 0 bridgehead atoms. The SMILES string of the molecule is CCc1[nH]c(-c2ccccc2)nc1C(=O)O. The van der Waals surface area contributed by atoms with Crippen LogP contribution in [0.4, 0.5) is 0 Å². The smallest absolute Gasteiger partial charge is 0.356 e. The summed E-state index contributed by atoms with van der Waals surface area (Å²) in [7, 11) is 0. The van der Waals surface area contributed by atoms with Crippen molar-refractivity contribution >= 4 is 5.97 Å². The van der Waals surface area contributed by atoms with Gasteiger partial charge in [0, 0.05) is 11.3 Å². The van der Waals surface area contributed by atoms with Crippen LogP contribution >= 0.6 is 0 Å². The zero-order valence-corrected chi connectivity index (χ0v) is 8.90. The van der Waals surface area contributed by atoms with E-state index in [1.165, 1.54) is 0 Å². The van der Waals surface area contributed by atoms with Gasteiger partial charge in [0.1, 0.15) is 5.82 Å². The molecule has 0 spiro atoms. The van der Waals surface area contributed by atoms with E-state index in [1.807, 2.05) is 37.3 Å². The van der Waals surface area contributed by atoms with Gasteiger partial charge in [0.25, 0.3) is 0 Å². The Labute approximate surface area is 93.0 Å². The summed E-state index contributed by atoms with van der Waals surface area (Å²) >= 11 is 0. The second-order valence-electron chi connectivity index (χ2n) is 3.44. The van der Waals surface area contributed by atoms with Crippen LogP contribution in [0, 0.1) is 0 Å². The molecule has 82 valence electrons. The van der Waals surface area contributed by atoms with Crippen molar-refractivity contribution in [1.82, 2.24) is 9.97 Å². The summed E-state index contributed by atoms with van der Waals surface area (Å²) in [5.41, 5.74) is 1.66. The van der Waals surface area contributed by atoms with Crippen molar-refractivity contribution in [2.75, 3.05) is 0 Å². The fraction of sp³-hybridized carbons (Fsp3) is 0.167. The van der Waals surface area contributed by atoms with Crippen molar-refractivity contribution in [3.8, 4) is 11.4 Å². The molecule has 0 atom stereocenters. The molecule has 0 unspecified atom stereocenters. The molecule has 16 heavy (non-hydrogen) atoms. The number of carboxylic acids is 1. The molecule has 0 saturated heterocycles. The molecular weight excluding hydrogens is 204 g/mol. The number of nitrogens with one attached hydrogen (secondary N) is 1. The van der Waals surface area contributed by atoms with Crippen molar-refractivity contribution < 1.29 is 9.90 Å². The summed E-state index contributed by atoms with van der Waals surface area (Å²) in [4.78, 5) is 18.1. The van der Waals surface area contributed by atoms with Crippen LogP contribution in [0.2, 0.25) is 0 Å². The number of nitrogens with zero attached hydrogens (tertiary/aromatic N) is 1. The van der Waals surface area contributed by atoms with Gasteiger partial charge in [-0.1, -0.05) is 37.3 Å². The van der Waals surface area contributed by atoms with Gasteiger partial charge in [-0.15, -0.1) is 0 Å². The van der Waals surface area contributed by atoms with E-state index < -0.39 is 5.97 Å². The Morgan fingerprint density at radius 2 is 2.06 bits per heavy atom. The van der Waals surface area contributed by atoms with Gasteiger partial charge in [0.2, 0.25) is 0 Å². The van der Waals surface area contributed by atoms with E-state index in [-0.39, 0.29) is 5.69 Å². The fourth-order valence-electron chi connectivity index (χ4n) is 1.57. The van der Waals surface area contributed by atoms with Crippen molar-refractivity contribution in [2.45, 2.75) is 13.3 Å². The number of H-pyrrole nitrogens is 1. The first-order chi connectivity index (χ1) is 7.72. The van der Waals surface area contributed by atoms with Crippen LogP contribution in [0.1, 0.15) is 23.1 Å². The molecule has 2 N–H and O–H groups in total. The molecular formula is C12H12N2O2. The third-order valence-corrected chi connectivity index (χ3v) is 2.38. The highest BCUT2D eigenvalue weighted by Gasteiger charge is 2.15. The maximum Gasteiger partial charge on any atom is 0.356 e. The molecule has 2 aromatic rings. The Morgan fingerprint density at radius 3 is 2.56 bits per heavy atom. The molecule has 4 nitrogen and oxygen atoms in total. The molecule has 1 heterocycles. The number of aromatic carboxylic acids is 1. The molecule has 4 heteroatoms. The minimum Gasteiger partial charge on any atom is -0.476 e. The van der Waals surface area contributed by atoms with E-state index in [4.69, 9.17) is 5.11 Å². The lowest BCUT2D eigenvalue weighted by Gasteiger charge is -1.94. The lowest BCUT2D eigenvalue weighted by molar-refractivity contribution is 0.0690. The van der Waals surface area contributed by atoms with Gasteiger partial charge < -0.3 is 10.1 Å². The summed E-state index contributed by atoms with van der Waals surface area (Å²) in [6.07, 6.45) is 0.626. The molecule has 2 rings (SSSR count). The molecule has 1 aromatic heterocycles. The van der Waals surface area contributed by atoms with Crippen molar-refractivity contribution in [1.29, 1.82) is 0 Å². The van der Waals surface area contributed by atoms with Crippen molar-refractivity contribution in [3.63, 3.8) is 0 Å². The maximum atomic E-state index is 10.9. The summed E-state index contributed by atoms with van der Waals surface area (Å²) in [6, 6.07) is 9.48. The number of aromatic amines is 1. The van der Waals surface area contributed by atoms with Crippen LogP contribution in [-0.4, -0.2) is 21.0 Å². The third-order valence-electron chi connectivity index (χ3n) is 2.38. The lowest BCUT2D eigenvalue weighted by atomic mass is 10.2. The lowest BCUT2D eigenvalue weighted by Crippen LogP contribution is -2.00. The zero-order valence-electron chi connectivity index (χ0n) is 8.90. The molecule has 0 aliphatic heterocycles. The first-order valence-corrected chi connectivity index (χ1v) is 5.10. The summed E-state index contributed by atoms with van der Waals surface area (Å²) in [5.74, 6) is -0.384. The van der Waals surface area contributed by atoms with Gasteiger partial charge >= 0.3 is 5.97 Å². The Morgan fingerprint density at radius 1 is 1.38 bits per heavy atom. The molecule has 0 radical (unpaired) electrons. The van der Waals surface area contributed by atoms with E-state index in [0.29, 0.717) is 17.9 Å². The van der Waals surface area contributed by atoms with Gasteiger partial charge in [-0.25, -0.2) is 9.78 Å². The third kappa shape index (κ3) is 1.82. The number of carbonyl (C=O) groups is 1. The van der Waals surface area contributed by atoms with Gasteiger partial charge in [-0.2, -0.15) is 0 Å². The summed E-state index contributed by atoms with van der Waals surface area (Å²) < 4.78 is 0. The average Bonchev–Trinajstić information content (AvgIpc) is 2.74. The minimum absolute atomic E-state index is 0.112. The number of rotatable bonds is 3. The fourth-order valence-corrected chi connectivity index (χ4v) is 1.57. The quantitative estimate of drug-likeness (QED) is 0.827. The Balaban J connectivity index is 2.48. The topological polar surface area (TPSA) is 66.0 Å². The van der Waals surface area contributed by atoms with Gasteiger partial charge in [-0.3, -0.25) is 0 Å². The Hall–Kier alpha value is -2.10. The normalized spacial score (nSPS) is 10.3. The number of aryl methyl sites for hydroxylation is 1. The Bertz CT molecular complexity index is 503. The van der Waals surface area contributed by atoms with E-state index >= 15 is 0 Å².